The molecular formula is C23H20N2O5S. The number of benzene rings is 3. The van der Waals surface area contributed by atoms with E-state index in [0.29, 0.717) is 28.3 Å². The number of para-hydroxylation sites is 1. The summed E-state index contributed by atoms with van der Waals surface area (Å²) in [6.45, 7) is 1.78. The van der Waals surface area contributed by atoms with Crippen LogP contribution >= 0.6 is 0 Å². The molecule has 0 saturated heterocycles. The second-order valence-electron chi connectivity index (χ2n) is 6.91. The molecule has 0 atom stereocenters. The van der Waals surface area contributed by atoms with E-state index in [1.54, 1.807) is 49.4 Å². The predicted octanol–water partition coefficient (Wildman–Crippen LogP) is 4.80. The summed E-state index contributed by atoms with van der Waals surface area (Å²) < 4.78 is 38.8. The number of carbonyl (C=O) groups excluding carboxylic acids is 1. The second-order valence-corrected chi connectivity index (χ2v) is 8.60. The number of nitrogens with one attached hydrogen (secondary N) is 2. The molecule has 3 aromatic carbocycles. The Morgan fingerprint density at radius 1 is 0.968 bits per heavy atom. The van der Waals surface area contributed by atoms with Crippen LogP contribution in [0.5, 0.6) is 5.75 Å². The van der Waals surface area contributed by atoms with Crippen LogP contribution in [0.4, 0.5) is 11.4 Å². The van der Waals surface area contributed by atoms with Gasteiger partial charge in [0.1, 0.15) is 11.3 Å². The monoisotopic (exact) mass is 436 g/mol. The van der Waals surface area contributed by atoms with Crippen LogP contribution in [0.2, 0.25) is 0 Å². The van der Waals surface area contributed by atoms with Crippen LogP contribution in [-0.4, -0.2) is 21.4 Å². The first-order chi connectivity index (χ1) is 14.9. The molecule has 8 heteroatoms. The number of sulfonamides is 1. The molecule has 0 radical (unpaired) electrons. The fourth-order valence-corrected chi connectivity index (χ4v) is 4.14. The lowest BCUT2D eigenvalue weighted by Crippen LogP contribution is -2.15. The topological polar surface area (TPSA) is 97.6 Å². The van der Waals surface area contributed by atoms with Crippen LogP contribution in [-0.2, 0) is 10.0 Å². The van der Waals surface area contributed by atoms with Crippen molar-refractivity contribution in [1.82, 2.24) is 0 Å². The lowest BCUT2D eigenvalue weighted by atomic mass is 10.2. The third-order valence-electron chi connectivity index (χ3n) is 4.76. The SMILES string of the molecule is COc1ccc(NS(=O)(=O)c2ccc(C)c(NC(=O)c3cc4ccccc4o3)c2)cc1. The molecular weight excluding hydrogens is 416 g/mol. The molecule has 0 unspecified atom stereocenters. The van der Waals surface area contributed by atoms with Crippen LogP contribution in [0.1, 0.15) is 16.1 Å². The number of aryl methyl sites for hydroxylation is 1. The Bertz CT molecular complexity index is 1330. The van der Waals surface area contributed by atoms with Gasteiger partial charge >= 0.3 is 0 Å². The molecule has 1 amide bonds. The molecule has 31 heavy (non-hydrogen) atoms. The van der Waals surface area contributed by atoms with E-state index in [2.05, 4.69) is 10.0 Å². The van der Waals surface area contributed by atoms with Crippen molar-refractivity contribution < 1.29 is 22.4 Å². The van der Waals surface area contributed by atoms with E-state index >= 15 is 0 Å². The minimum atomic E-state index is -3.86. The van der Waals surface area contributed by atoms with Gasteiger partial charge in [0.25, 0.3) is 15.9 Å². The number of fused-ring (bicyclic) bond motifs is 1. The van der Waals surface area contributed by atoms with E-state index in [1.165, 1.54) is 19.2 Å². The van der Waals surface area contributed by atoms with Crippen LogP contribution in [0.25, 0.3) is 11.0 Å². The number of ether oxygens (including phenoxy) is 1. The van der Waals surface area contributed by atoms with Crippen molar-refractivity contribution >= 4 is 38.3 Å². The number of anilines is 2. The highest BCUT2D eigenvalue weighted by atomic mass is 32.2. The van der Waals surface area contributed by atoms with Gasteiger partial charge in [0.15, 0.2) is 5.76 Å². The van der Waals surface area contributed by atoms with Crippen molar-refractivity contribution in [2.75, 3.05) is 17.1 Å². The number of methoxy groups -OCH3 is 1. The molecule has 7 nitrogen and oxygen atoms in total. The Kier molecular flexibility index (Phi) is 5.39. The first kappa shape index (κ1) is 20.5. The highest BCUT2D eigenvalue weighted by Crippen LogP contribution is 2.25. The lowest BCUT2D eigenvalue weighted by molar-refractivity contribution is 0.0998. The summed E-state index contributed by atoms with van der Waals surface area (Å²) in [6, 6.07) is 20.0. The van der Waals surface area contributed by atoms with E-state index in [4.69, 9.17) is 9.15 Å². The summed E-state index contributed by atoms with van der Waals surface area (Å²) in [6.07, 6.45) is 0. The van der Waals surface area contributed by atoms with Crippen molar-refractivity contribution in [3.05, 3.63) is 84.1 Å². The Balaban J connectivity index is 1.57. The molecule has 0 aliphatic rings. The smallest absolute Gasteiger partial charge is 0.291 e. The summed E-state index contributed by atoms with van der Waals surface area (Å²) in [5.74, 6) is 0.302. The molecule has 0 saturated carbocycles. The largest absolute Gasteiger partial charge is 0.497 e. The van der Waals surface area contributed by atoms with Gasteiger partial charge in [-0.2, -0.15) is 0 Å². The molecule has 1 aromatic heterocycles. The van der Waals surface area contributed by atoms with E-state index in [9.17, 15) is 13.2 Å². The van der Waals surface area contributed by atoms with Crippen molar-refractivity contribution in [2.45, 2.75) is 11.8 Å². The molecule has 0 aliphatic heterocycles. The average molecular weight is 436 g/mol. The maximum absolute atomic E-state index is 12.8. The molecule has 0 aliphatic carbocycles. The minimum absolute atomic E-state index is 0.0221. The number of hydrogen-bond donors (Lipinski definition) is 2. The Hall–Kier alpha value is -3.78. The highest BCUT2D eigenvalue weighted by molar-refractivity contribution is 7.92. The number of carbonyl (C=O) groups is 1. The lowest BCUT2D eigenvalue weighted by Gasteiger charge is -2.12. The molecule has 1 heterocycles. The van der Waals surface area contributed by atoms with Gasteiger partial charge in [-0.1, -0.05) is 24.3 Å². The van der Waals surface area contributed by atoms with Gasteiger partial charge in [-0.05, 0) is 61.0 Å². The standard InChI is InChI=1S/C23H20N2O5S/c1-15-7-12-19(31(27,28)25-17-8-10-18(29-2)11-9-17)14-20(15)24-23(26)22-13-16-5-3-4-6-21(16)30-22/h3-14,25H,1-2H3,(H,24,26). The Morgan fingerprint density at radius 2 is 1.71 bits per heavy atom. The summed E-state index contributed by atoms with van der Waals surface area (Å²) in [5.41, 5.74) is 2.09. The molecule has 2 N–H and O–H groups in total. The van der Waals surface area contributed by atoms with Crippen molar-refractivity contribution in [3.8, 4) is 5.75 Å². The second kappa shape index (κ2) is 8.16. The third-order valence-corrected chi connectivity index (χ3v) is 6.14. The zero-order valence-electron chi connectivity index (χ0n) is 16.9. The van der Waals surface area contributed by atoms with Crippen molar-refractivity contribution in [1.29, 1.82) is 0 Å². The molecule has 0 bridgehead atoms. The quantitative estimate of drug-likeness (QED) is 0.452. The molecule has 4 aromatic rings. The van der Waals surface area contributed by atoms with Crippen LogP contribution in [0.3, 0.4) is 0 Å². The first-order valence-corrected chi connectivity index (χ1v) is 10.9. The van der Waals surface area contributed by atoms with Crippen LogP contribution in [0.15, 0.2) is 82.1 Å². The summed E-state index contributed by atoms with van der Waals surface area (Å²) in [4.78, 5) is 12.7. The molecule has 0 spiro atoms. The van der Waals surface area contributed by atoms with Crippen LogP contribution in [0, 0.1) is 6.92 Å². The van der Waals surface area contributed by atoms with E-state index in [-0.39, 0.29) is 10.7 Å². The van der Waals surface area contributed by atoms with Gasteiger partial charge < -0.3 is 14.5 Å². The zero-order chi connectivity index (χ0) is 22.0. The molecule has 0 fully saturated rings. The summed E-state index contributed by atoms with van der Waals surface area (Å²) in [7, 11) is -2.32. The Morgan fingerprint density at radius 3 is 2.42 bits per heavy atom. The normalized spacial score (nSPS) is 11.3. The van der Waals surface area contributed by atoms with Gasteiger partial charge in [0.05, 0.1) is 12.0 Å². The van der Waals surface area contributed by atoms with Gasteiger partial charge in [-0.25, -0.2) is 8.42 Å². The average Bonchev–Trinajstić information content (AvgIpc) is 3.20. The summed E-state index contributed by atoms with van der Waals surface area (Å²) in [5, 5.41) is 3.55. The summed E-state index contributed by atoms with van der Waals surface area (Å²) >= 11 is 0. The maximum Gasteiger partial charge on any atom is 0.291 e. The van der Waals surface area contributed by atoms with Crippen molar-refractivity contribution in [3.63, 3.8) is 0 Å². The van der Waals surface area contributed by atoms with Crippen molar-refractivity contribution in [2.24, 2.45) is 0 Å². The fourth-order valence-electron chi connectivity index (χ4n) is 3.05. The zero-order valence-corrected chi connectivity index (χ0v) is 17.7. The van der Waals surface area contributed by atoms with Crippen LogP contribution < -0.4 is 14.8 Å². The highest BCUT2D eigenvalue weighted by Gasteiger charge is 2.18. The van der Waals surface area contributed by atoms with Gasteiger partial charge in [0.2, 0.25) is 0 Å². The van der Waals surface area contributed by atoms with Gasteiger partial charge in [-0.3, -0.25) is 9.52 Å². The first-order valence-electron chi connectivity index (χ1n) is 9.43. The Labute approximate surface area is 179 Å². The van der Waals surface area contributed by atoms with E-state index < -0.39 is 15.9 Å². The number of rotatable bonds is 6. The predicted molar refractivity (Wildman–Crippen MR) is 119 cm³/mol. The van der Waals surface area contributed by atoms with Gasteiger partial charge in [-0.15, -0.1) is 0 Å². The minimum Gasteiger partial charge on any atom is -0.497 e. The van der Waals surface area contributed by atoms with E-state index in [0.717, 1.165) is 5.39 Å². The van der Waals surface area contributed by atoms with E-state index in [1.807, 2.05) is 18.2 Å². The fraction of sp³-hybridized carbons (Fsp3) is 0.0870. The number of amides is 1. The van der Waals surface area contributed by atoms with Gasteiger partial charge in [0, 0.05) is 16.8 Å². The maximum atomic E-state index is 12.8. The number of hydrogen-bond acceptors (Lipinski definition) is 5. The molecule has 4 rings (SSSR count). The third kappa shape index (κ3) is 4.39. The number of furan rings is 1. The molecule has 158 valence electrons.